The Labute approximate surface area is 151 Å². The summed E-state index contributed by atoms with van der Waals surface area (Å²) in [6, 6.07) is 9.81. The van der Waals surface area contributed by atoms with E-state index in [4.69, 9.17) is 0 Å². The number of aryl methyl sites for hydroxylation is 1. The van der Waals surface area contributed by atoms with Gasteiger partial charge >= 0.3 is 0 Å². The molecule has 0 fully saturated rings. The summed E-state index contributed by atoms with van der Waals surface area (Å²) in [5, 5.41) is 2.41. The number of hydrogen-bond donors (Lipinski definition) is 2. The zero-order valence-corrected chi connectivity index (χ0v) is 15.2. The van der Waals surface area contributed by atoms with E-state index in [1.807, 2.05) is 0 Å². The van der Waals surface area contributed by atoms with Gasteiger partial charge in [0.25, 0.3) is 0 Å². The van der Waals surface area contributed by atoms with Gasteiger partial charge in [-0.1, -0.05) is 18.2 Å². The second-order valence-electron chi connectivity index (χ2n) is 5.76. The van der Waals surface area contributed by atoms with E-state index in [1.54, 1.807) is 13.0 Å². The fraction of sp³-hybridized carbons (Fsp3) is 0.222. The number of halogens is 1. The van der Waals surface area contributed by atoms with Crippen molar-refractivity contribution in [1.29, 1.82) is 0 Å². The lowest BCUT2D eigenvalue weighted by Gasteiger charge is -2.09. The maximum Gasteiger partial charge on any atom is 0.240 e. The molecule has 0 saturated carbocycles. The SMILES string of the molecule is CC(=O)c1ccc(S(=O)(=O)NCCC(=O)Nc2cc(C)ccc2F)cc1. The van der Waals surface area contributed by atoms with E-state index in [0.717, 1.165) is 5.56 Å². The molecule has 0 aliphatic carbocycles. The minimum absolute atomic E-state index is 0.00682. The van der Waals surface area contributed by atoms with Gasteiger partial charge in [0.1, 0.15) is 5.82 Å². The number of sulfonamides is 1. The summed E-state index contributed by atoms with van der Waals surface area (Å²) in [6.07, 6.45) is -0.155. The van der Waals surface area contributed by atoms with Gasteiger partial charge in [-0.2, -0.15) is 0 Å². The van der Waals surface area contributed by atoms with Gasteiger partial charge in [-0.05, 0) is 43.7 Å². The minimum atomic E-state index is -3.80. The van der Waals surface area contributed by atoms with Crippen LogP contribution in [-0.4, -0.2) is 26.7 Å². The lowest BCUT2D eigenvalue weighted by molar-refractivity contribution is -0.116. The first kappa shape index (κ1) is 19.7. The van der Waals surface area contributed by atoms with Crippen LogP contribution in [0.25, 0.3) is 0 Å². The fourth-order valence-electron chi connectivity index (χ4n) is 2.20. The third kappa shape index (κ3) is 5.21. The Bertz CT molecular complexity index is 925. The van der Waals surface area contributed by atoms with Gasteiger partial charge in [0.05, 0.1) is 10.6 Å². The van der Waals surface area contributed by atoms with Crippen molar-refractivity contribution in [3.8, 4) is 0 Å². The predicted octanol–water partition coefficient (Wildman–Crippen LogP) is 2.64. The molecule has 0 aliphatic heterocycles. The number of amides is 1. The van der Waals surface area contributed by atoms with E-state index in [1.165, 1.54) is 43.3 Å². The zero-order chi connectivity index (χ0) is 19.3. The second kappa shape index (κ2) is 8.20. The smallest absolute Gasteiger partial charge is 0.240 e. The molecule has 1 amide bonds. The van der Waals surface area contributed by atoms with Crippen molar-refractivity contribution in [2.45, 2.75) is 25.2 Å². The molecule has 0 unspecified atom stereocenters. The Morgan fingerprint density at radius 2 is 1.73 bits per heavy atom. The molecular weight excluding hydrogens is 359 g/mol. The number of carbonyl (C=O) groups excluding carboxylic acids is 2. The molecular formula is C18H19FN2O4S. The first-order valence-electron chi connectivity index (χ1n) is 7.86. The van der Waals surface area contributed by atoms with Gasteiger partial charge in [0, 0.05) is 18.5 Å². The molecule has 0 atom stereocenters. The minimum Gasteiger partial charge on any atom is -0.324 e. The lowest BCUT2D eigenvalue weighted by Crippen LogP contribution is -2.28. The maximum absolute atomic E-state index is 13.6. The summed E-state index contributed by atoms with van der Waals surface area (Å²) in [6.45, 7) is 3.01. The highest BCUT2D eigenvalue weighted by Gasteiger charge is 2.15. The number of carbonyl (C=O) groups is 2. The van der Waals surface area contributed by atoms with Gasteiger partial charge in [-0.25, -0.2) is 17.5 Å². The molecule has 0 aliphatic rings. The molecule has 2 rings (SSSR count). The normalized spacial score (nSPS) is 11.2. The van der Waals surface area contributed by atoms with Crippen LogP contribution >= 0.6 is 0 Å². The summed E-state index contributed by atoms with van der Waals surface area (Å²) in [4.78, 5) is 23.1. The molecule has 0 heterocycles. The number of ketones is 1. The van der Waals surface area contributed by atoms with E-state index in [0.29, 0.717) is 5.56 Å². The van der Waals surface area contributed by atoms with Crippen molar-refractivity contribution in [3.63, 3.8) is 0 Å². The average molecular weight is 378 g/mol. The molecule has 2 aromatic rings. The summed E-state index contributed by atoms with van der Waals surface area (Å²) in [5.74, 6) is -1.24. The van der Waals surface area contributed by atoms with Crippen LogP contribution in [0, 0.1) is 12.7 Å². The van der Waals surface area contributed by atoms with E-state index >= 15 is 0 Å². The van der Waals surface area contributed by atoms with Gasteiger partial charge in [-0.3, -0.25) is 9.59 Å². The first-order valence-corrected chi connectivity index (χ1v) is 9.34. The number of anilines is 1. The Hall–Kier alpha value is -2.58. The monoisotopic (exact) mass is 378 g/mol. The van der Waals surface area contributed by atoms with Crippen LogP contribution in [-0.2, 0) is 14.8 Å². The van der Waals surface area contributed by atoms with Crippen LogP contribution in [0.1, 0.15) is 29.3 Å². The van der Waals surface area contributed by atoms with Gasteiger partial charge < -0.3 is 5.32 Å². The Morgan fingerprint density at radius 1 is 1.08 bits per heavy atom. The molecule has 138 valence electrons. The average Bonchev–Trinajstić information content (AvgIpc) is 2.58. The van der Waals surface area contributed by atoms with Crippen molar-refractivity contribution in [2.24, 2.45) is 0 Å². The van der Waals surface area contributed by atoms with Gasteiger partial charge in [-0.15, -0.1) is 0 Å². The summed E-state index contributed by atoms with van der Waals surface area (Å²) in [7, 11) is -3.80. The largest absolute Gasteiger partial charge is 0.324 e. The molecule has 2 N–H and O–H groups in total. The maximum atomic E-state index is 13.6. The molecule has 2 aromatic carbocycles. The third-order valence-electron chi connectivity index (χ3n) is 3.61. The zero-order valence-electron chi connectivity index (χ0n) is 14.4. The number of benzene rings is 2. The molecule has 8 heteroatoms. The highest BCUT2D eigenvalue weighted by molar-refractivity contribution is 7.89. The molecule has 6 nitrogen and oxygen atoms in total. The summed E-state index contributed by atoms with van der Waals surface area (Å²) < 4.78 is 40.2. The van der Waals surface area contributed by atoms with Crippen LogP contribution in [0.4, 0.5) is 10.1 Å². The van der Waals surface area contributed by atoms with Gasteiger partial charge in [0.2, 0.25) is 15.9 Å². The van der Waals surface area contributed by atoms with Crippen LogP contribution in [0.3, 0.4) is 0 Å². The van der Waals surface area contributed by atoms with Crippen LogP contribution < -0.4 is 10.0 Å². The van der Waals surface area contributed by atoms with Crippen molar-refractivity contribution < 1.29 is 22.4 Å². The molecule has 0 aromatic heterocycles. The second-order valence-corrected chi connectivity index (χ2v) is 7.53. The fourth-order valence-corrected chi connectivity index (χ4v) is 3.23. The van der Waals surface area contributed by atoms with E-state index in [-0.39, 0.29) is 29.3 Å². The van der Waals surface area contributed by atoms with Crippen molar-refractivity contribution in [1.82, 2.24) is 4.72 Å². The van der Waals surface area contributed by atoms with Gasteiger partial charge in [0.15, 0.2) is 5.78 Å². The Kier molecular flexibility index (Phi) is 6.23. The number of Topliss-reactive ketones (excluding diaryl/α,β-unsaturated/α-hetero) is 1. The lowest BCUT2D eigenvalue weighted by atomic mass is 10.2. The van der Waals surface area contributed by atoms with E-state index < -0.39 is 21.7 Å². The van der Waals surface area contributed by atoms with Crippen LogP contribution in [0.15, 0.2) is 47.4 Å². The van der Waals surface area contributed by atoms with Crippen molar-refractivity contribution in [3.05, 3.63) is 59.4 Å². The van der Waals surface area contributed by atoms with Crippen molar-refractivity contribution >= 4 is 27.4 Å². The third-order valence-corrected chi connectivity index (χ3v) is 5.09. The molecule has 0 saturated heterocycles. The summed E-state index contributed by atoms with van der Waals surface area (Å²) in [5.41, 5.74) is 1.25. The number of hydrogen-bond acceptors (Lipinski definition) is 4. The number of nitrogens with one attached hydrogen (secondary N) is 2. The predicted molar refractivity (Wildman–Crippen MR) is 96.0 cm³/mol. The molecule has 26 heavy (non-hydrogen) atoms. The molecule has 0 radical (unpaired) electrons. The van der Waals surface area contributed by atoms with Crippen LogP contribution in [0.2, 0.25) is 0 Å². The van der Waals surface area contributed by atoms with E-state index in [2.05, 4.69) is 10.0 Å². The summed E-state index contributed by atoms with van der Waals surface area (Å²) >= 11 is 0. The topological polar surface area (TPSA) is 92.3 Å². The highest BCUT2D eigenvalue weighted by atomic mass is 32.2. The standard InChI is InChI=1S/C18H19FN2O4S/c1-12-3-8-16(19)17(11-12)21-18(23)9-10-20-26(24,25)15-6-4-14(5-7-15)13(2)22/h3-8,11,20H,9-10H2,1-2H3,(H,21,23). The molecule has 0 spiro atoms. The molecule has 0 bridgehead atoms. The quantitative estimate of drug-likeness (QED) is 0.725. The highest BCUT2D eigenvalue weighted by Crippen LogP contribution is 2.16. The first-order chi connectivity index (χ1) is 12.2. The van der Waals surface area contributed by atoms with Crippen LogP contribution in [0.5, 0.6) is 0 Å². The van der Waals surface area contributed by atoms with Crippen molar-refractivity contribution in [2.75, 3.05) is 11.9 Å². The Morgan fingerprint density at radius 3 is 2.35 bits per heavy atom. The number of rotatable bonds is 7. The Balaban J connectivity index is 1.92. The van der Waals surface area contributed by atoms with E-state index in [9.17, 15) is 22.4 Å².